The second-order valence-electron chi connectivity index (χ2n) is 14.2. The summed E-state index contributed by atoms with van der Waals surface area (Å²) in [6.45, 7) is 26.7. The van der Waals surface area contributed by atoms with E-state index < -0.39 is 20.8 Å². The van der Waals surface area contributed by atoms with Crippen LogP contribution in [-0.2, 0) is 35.9 Å². The van der Waals surface area contributed by atoms with Crippen LogP contribution >= 0.6 is 17.0 Å². The molecule has 0 saturated heterocycles. The molecule has 0 bridgehead atoms. The molecule has 5 nitrogen and oxygen atoms in total. The molecule has 2 aliphatic rings. The second-order valence-corrected chi connectivity index (χ2v) is 17.9. The summed E-state index contributed by atoms with van der Waals surface area (Å²) in [4.78, 5) is 26.3. The molecule has 0 atom stereocenters. The van der Waals surface area contributed by atoms with E-state index in [2.05, 4.69) is 106 Å². The predicted molar refractivity (Wildman–Crippen MR) is 169 cm³/mol. The number of halogens is 2. The molecule has 0 radical (unpaired) electrons. The SMILES string of the molecule is CC(C)(C)C1=CC(=CNCCNC=C2C=C(C(C)(C)C)C=C(C(C)(C)C)C2=O)C(=O)C(C(C)(C)C)=C1.[Cl][Zr][Cl].[OH3+]. The van der Waals surface area contributed by atoms with Gasteiger partial charge in [0.1, 0.15) is 0 Å². The van der Waals surface area contributed by atoms with E-state index in [1.54, 1.807) is 0 Å². The first-order chi connectivity index (χ1) is 17.6. The average molecular weight is 674 g/mol. The normalized spacial score (nSPS) is 18.6. The maximum absolute atomic E-state index is 13.1. The monoisotopic (exact) mass is 671 g/mol. The number of Topliss-reactive ketones (excluding diaryl/α,β-unsaturated/α-hetero) is 2. The Morgan fingerprint density at radius 3 is 1.10 bits per heavy atom. The molecule has 0 unspecified atom stereocenters. The van der Waals surface area contributed by atoms with Gasteiger partial charge in [-0.25, -0.2) is 0 Å². The van der Waals surface area contributed by atoms with Gasteiger partial charge in [0.15, 0.2) is 11.6 Å². The second kappa shape index (κ2) is 15.3. The van der Waals surface area contributed by atoms with Crippen molar-refractivity contribution in [1.82, 2.24) is 10.6 Å². The first-order valence-electron chi connectivity index (χ1n) is 13.5. The van der Waals surface area contributed by atoms with Gasteiger partial charge in [0.05, 0.1) is 0 Å². The maximum Gasteiger partial charge on any atom is -0.457 e. The van der Waals surface area contributed by atoms with Crippen molar-refractivity contribution in [2.24, 2.45) is 21.7 Å². The van der Waals surface area contributed by atoms with Crippen LogP contribution in [0.25, 0.3) is 0 Å². The van der Waals surface area contributed by atoms with Gasteiger partial charge in [-0.2, -0.15) is 0 Å². The van der Waals surface area contributed by atoms with Crippen LogP contribution in [0.15, 0.2) is 70.1 Å². The molecule has 0 aromatic rings. The van der Waals surface area contributed by atoms with Crippen molar-refractivity contribution in [3.63, 3.8) is 0 Å². The third-order valence-electron chi connectivity index (χ3n) is 6.51. The molecular formula is C32H51Cl2N2O3Zr+. The number of hydrogen-bond acceptors (Lipinski definition) is 4. The minimum atomic E-state index is -0.826. The molecule has 0 aliphatic heterocycles. The molecular weight excluding hydrogens is 622 g/mol. The molecule has 2 aliphatic carbocycles. The Morgan fingerprint density at radius 2 is 0.875 bits per heavy atom. The Balaban J connectivity index is 0.00000363. The first-order valence-corrected chi connectivity index (χ1v) is 19.8. The number of ketones is 2. The van der Waals surface area contributed by atoms with Gasteiger partial charge in [-0.1, -0.05) is 95.2 Å². The molecule has 5 N–H and O–H groups in total. The third kappa shape index (κ3) is 11.6. The standard InChI is InChI=1S/C32H48N2O2.2ClH.H2O.Zr/c1-29(2,3)23-15-21(27(35)25(17-23)31(7,8)9)19-33-13-14-34-20-22-16-24(30(4,5)6)18-26(28(22)36)32(10,11)12;;;;/h15-20,33-34H,13-14H2,1-12H3;2*1H;1H2;/q;;;;+2/p-1. The Morgan fingerprint density at radius 1 is 0.600 bits per heavy atom. The zero-order chi connectivity index (χ0) is 30.4. The number of carbonyl (C=O) groups is 2. The van der Waals surface area contributed by atoms with Crippen LogP contribution in [0.2, 0.25) is 0 Å². The molecule has 8 heteroatoms. The Kier molecular flexibility index (Phi) is 14.9. The van der Waals surface area contributed by atoms with E-state index in [4.69, 9.17) is 17.0 Å². The Hall–Kier alpha value is -1.20. The van der Waals surface area contributed by atoms with Crippen LogP contribution in [0.5, 0.6) is 0 Å². The molecule has 2 rings (SSSR count). The number of rotatable bonds is 5. The largest absolute Gasteiger partial charge is 0.457 e. The Bertz CT molecular complexity index is 1030. The van der Waals surface area contributed by atoms with Gasteiger partial charge in [-0.3, -0.25) is 9.59 Å². The van der Waals surface area contributed by atoms with E-state index in [0.29, 0.717) is 24.2 Å². The summed E-state index contributed by atoms with van der Waals surface area (Å²) in [6.07, 6.45) is 11.8. The van der Waals surface area contributed by atoms with Gasteiger partial charge in [-0.05, 0) is 45.0 Å². The van der Waals surface area contributed by atoms with Crippen LogP contribution in [0, 0.1) is 21.7 Å². The fourth-order valence-corrected chi connectivity index (χ4v) is 4.01. The molecule has 224 valence electrons. The number of hydrogen-bond donors (Lipinski definition) is 2. The fraction of sp³-hybridized carbons (Fsp3) is 0.562. The number of allylic oxidation sites excluding steroid dienone is 10. The minimum absolute atomic E-state index is 0. The van der Waals surface area contributed by atoms with Gasteiger partial charge in [0.25, 0.3) is 0 Å². The zero-order valence-electron chi connectivity index (χ0n) is 26.5. The maximum atomic E-state index is 13.1. The van der Waals surface area contributed by atoms with Crippen LogP contribution in [0.4, 0.5) is 0 Å². The van der Waals surface area contributed by atoms with Gasteiger partial charge in [0.2, 0.25) is 0 Å². The van der Waals surface area contributed by atoms with Crippen molar-refractivity contribution in [3.8, 4) is 0 Å². The molecule has 0 amide bonds. The number of carbonyl (C=O) groups excluding carboxylic acids is 2. The molecule has 0 spiro atoms. The molecule has 40 heavy (non-hydrogen) atoms. The summed E-state index contributed by atoms with van der Waals surface area (Å²) < 4.78 is 0. The van der Waals surface area contributed by atoms with Gasteiger partial charge >= 0.3 is 37.9 Å². The summed E-state index contributed by atoms with van der Waals surface area (Å²) >= 11 is -0.826. The van der Waals surface area contributed by atoms with Crippen molar-refractivity contribution in [2.45, 2.75) is 83.1 Å². The van der Waals surface area contributed by atoms with Crippen molar-refractivity contribution < 1.29 is 35.9 Å². The third-order valence-corrected chi connectivity index (χ3v) is 6.51. The minimum Gasteiger partial charge on any atom is -0.457 e. The van der Waals surface area contributed by atoms with Crippen LogP contribution < -0.4 is 10.6 Å². The predicted octanol–water partition coefficient (Wildman–Crippen LogP) is 7.44. The summed E-state index contributed by atoms with van der Waals surface area (Å²) in [7, 11) is 9.87. The molecule has 0 aromatic heterocycles. The van der Waals surface area contributed by atoms with E-state index in [1.807, 2.05) is 24.6 Å². The van der Waals surface area contributed by atoms with E-state index >= 15 is 0 Å². The fourth-order valence-electron chi connectivity index (χ4n) is 4.01. The van der Waals surface area contributed by atoms with Crippen molar-refractivity contribution in [1.29, 1.82) is 0 Å². The topological polar surface area (TPSA) is 91.2 Å². The number of nitrogens with one attached hydrogen (secondary N) is 2. The summed E-state index contributed by atoms with van der Waals surface area (Å²) in [5.74, 6) is 0.152. The van der Waals surface area contributed by atoms with E-state index in [1.165, 1.54) is 0 Å². The van der Waals surface area contributed by atoms with E-state index in [9.17, 15) is 9.59 Å². The van der Waals surface area contributed by atoms with Crippen molar-refractivity contribution in [3.05, 3.63) is 70.1 Å². The van der Waals surface area contributed by atoms with Crippen molar-refractivity contribution in [2.75, 3.05) is 13.1 Å². The van der Waals surface area contributed by atoms with Gasteiger partial charge in [0, 0.05) is 47.8 Å². The molecule has 0 heterocycles. The van der Waals surface area contributed by atoms with Crippen LogP contribution in [-0.4, -0.2) is 24.7 Å². The summed E-state index contributed by atoms with van der Waals surface area (Å²) in [6, 6.07) is 0. The molecule has 0 aromatic carbocycles. The molecule has 0 saturated carbocycles. The van der Waals surface area contributed by atoms with Crippen LogP contribution in [0.1, 0.15) is 83.1 Å². The first kappa shape index (κ1) is 38.8. The van der Waals surface area contributed by atoms with Gasteiger partial charge < -0.3 is 16.1 Å². The summed E-state index contributed by atoms with van der Waals surface area (Å²) in [5, 5.41) is 6.57. The summed E-state index contributed by atoms with van der Waals surface area (Å²) in [5.41, 5.74) is 4.83. The smallest absolute Gasteiger partial charge is 0.457 e. The van der Waals surface area contributed by atoms with E-state index in [-0.39, 0.29) is 38.7 Å². The molecule has 0 fully saturated rings. The van der Waals surface area contributed by atoms with E-state index in [0.717, 1.165) is 22.3 Å². The Labute approximate surface area is 261 Å². The van der Waals surface area contributed by atoms with Crippen LogP contribution in [0.3, 0.4) is 0 Å². The van der Waals surface area contributed by atoms with Gasteiger partial charge in [-0.15, -0.1) is 0 Å². The van der Waals surface area contributed by atoms with Crippen molar-refractivity contribution >= 4 is 28.6 Å². The zero-order valence-corrected chi connectivity index (χ0v) is 30.5. The average Bonchev–Trinajstić information content (AvgIpc) is 2.75. The quantitative estimate of drug-likeness (QED) is 0.180.